The SMILES string of the molecule is CC(=O)Nc1cccc(NCC(=O)Nc2cccc(C)c2)c1. The highest BCUT2D eigenvalue weighted by atomic mass is 16.2. The summed E-state index contributed by atoms with van der Waals surface area (Å²) in [6, 6.07) is 14.9. The molecular weight excluding hydrogens is 278 g/mol. The van der Waals surface area contributed by atoms with Gasteiger partial charge in [0.05, 0.1) is 6.54 Å². The summed E-state index contributed by atoms with van der Waals surface area (Å²) in [4.78, 5) is 22.9. The third kappa shape index (κ3) is 4.94. The van der Waals surface area contributed by atoms with E-state index in [1.165, 1.54) is 6.92 Å². The third-order valence-corrected chi connectivity index (χ3v) is 2.94. The first-order valence-electron chi connectivity index (χ1n) is 7.01. The molecule has 0 saturated heterocycles. The van der Waals surface area contributed by atoms with E-state index in [0.29, 0.717) is 5.69 Å². The Bertz CT molecular complexity index is 683. The smallest absolute Gasteiger partial charge is 0.243 e. The zero-order valence-corrected chi connectivity index (χ0v) is 12.6. The van der Waals surface area contributed by atoms with Gasteiger partial charge in [-0.05, 0) is 42.8 Å². The second kappa shape index (κ2) is 7.26. The molecule has 2 rings (SSSR count). The Hall–Kier alpha value is -2.82. The lowest BCUT2D eigenvalue weighted by Crippen LogP contribution is -2.21. The minimum absolute atomic E-state index is 0.129. The van der Waals surface area contributed by atoms with E-state index < -0.39 is 0 Å². The maximum atomic E-state index is 11.9. The van der Waals surface area contributed by atoms with E-state index in [-0.39, 0.29) is 18.4 Å². The Morgan fingerprint density at radius 2 is 1.55 bits per heavy atom. The molecule has 2 aromatic carbocycles. The van der Waals surface area contributed by atoms with Crippen LogP contribution in [0.1, 0.15) is 12.5 Å². The van der Waals surface area contributed by atoms with Crippen molar-refractivity contribution in [3.63, 3.8) is 0 Å². The number of amides is 2. The van der Waals surface area contributed by atoms with Gasteiger partial charge in [-0.2, -0.15) is 0 Å². The Balaban J connectivity index is 1.89. The maximum Gasteiger partial charge on any atom is 0.243 e. The molecule has 5 heteroatoms. The highest BCUT2D eigenvalue weighted by Crippen LogP contribution is 2.15. The largest absolute Gasteiger partial charge is 0.376 e. The van der Waals surface area contributed by atoms with Crippen molar-refractivity contribution in [1.82, 2.24) is 0 Å². The van der Waals surface area contributed by atoms with E-state index in [1.54, 1.807) is 12.1 Å². The van der Waals surface area contributed by atoms with E-state index in [9.17, 15) is 9.59 Å². The molecule has 0 aliphatic rings. The Morgan fingerprint density at radius 1 is 0.909 bits per heavy atom. The fourth-order valence-corrected chi connectivity index (χ4v) is 2.02. The van der Waals surface area contributed by atoms with Gasteiger partial charge in [-0.15, -0.1) is 0 Å². The molecule has 22 heavy (non-hydrogen) atoms. The number of nitrogens with one attached hydrogen (secondary N) is 3. The van der Waals surface area contributed by atoms with E-state index in [0.717, 1.165) is 16.9 Å². The molecule has 0 unspecified atom stereocenters. The zero-order valence-electron chi connectivity index (χ0n) is 12.6. The van der Waals surface area contributed by atoms with Crippen LogP contribution in [0.5, 0.6) is 0 Å². The number of benzene rings is 2. The second-order valence-electron chi connectivity index (χ2n) is 5.03. The molecule has 0 radical (unpaired) electrons. The predicted octanol–water partition coefficient (Wildman–Crippen LogP) is 3.00. The molecule has 5 nitrogen and oxygen atoms in total. The molecule has 0 heterocycles. The average molecular weight is 297 g/mol. The lowest BCUT2D eigenvalue weighted by molar-refractivity contribution is -0.115. The summed E-state index contributed by atoms with van der Waals surface area (Å²) in [5.74, 6) is -0.259. The summed E-state index contributed by atoms with van der Waals surface area (Å²) in [7, 11) is 0. The van der Waals surface area contributed by atoms with E-state index in [1.807, 2.05) is 43.3 Å². The molecule has 0 aliphatic heterocycles. The highest BCUT2D eigenvalue weighted by molar-refractivity contribution is 5.94. The molecule has 0 saturated carbocycles. The van der Waals surface area contributed by atoms with Crippen molar-refractivity contribution < 1.29 is 9.59 Å². The average Bonchev–Trinajstić information content (AvgIpc) is 2.45. The summed E-state index contributed by atoms with van der Waals surface area (Å²) >= 11 is 0. The predicted molar refractivity (Wildman–Crippen MR) is 89.0 cm³/mol. The molecule has 114 valence electrons. The summed E-state index contributed by atoms with van der Waals surface area (Å²) in [6.45, 7) is 3.58. The fourth-order valence-electron chi connectivity index (χ4n) is 2.02. The van der Waals surface area contributed by atoms with Gasteiger partial charge in [-0.1, -0.05) is 18.2 Å². The Kier molecular flexibility index (Phi) is 5.14. The van der Waals surface area contributed by atoms with Gasteiger partial charge in [0.1, 0.15) is 0 Å². The third-order valence-electron chi connectivity index (χ3n) is 2.94. The topological polar surface area (TPSA) is 70.2 Å². The molecule has 2 amide bonds. The number of hydrogen-bond donors (Lipinski definition) is 3. The summed E-state index contributed by atoms with van der Waals surface area (Å²) in [5.41, 5.74) is 3.33. The lowest BCUT2D eigenvalue weighted by atomic mass is 10.2. The van der Waals surface area contributed by atoms with Crippen molar-refractivity contribution in [2.45, 2.75) is 13.8 Å². The number of carbonyl (C=O) groups is 2. The summed E-state index contributed by atoms with van der Waals surface area (Å²) in [6.07, 6.45) is 0. The van der Waals surface area contributed by atoms with Crippen LogP contribution < -0.4 is 16.0 Å². The number of hydrogen-bond acceptors (Lipinski definition) is 3. The summed E-state index contributed by atoms with van der Waals surface area (Å²) in [5, 5.41) is 8.56. The van der Waals surface area contributed by atoms with Crippen molar-refractivity contribution >= 4 is 28.9 Å². The van der Waals surface area contributed by atoms with Crippen molar-refractivity contribution in [3.8, 4) is 0 Å². The van der Waals surface area contributed by atoms with Crippen LogP contribution in [0.25, 0.3) is 0 Å². The van der Waals surface area contributed by atoms with Crippen molar-refractivity contribution in [2.75, 3.05) is 22.5 Å². The van der Waals surface area contributed by atoms with Crippen molar-refractivity contribution in [1.29, 1.82) is 0 Å². The number of rotatable bonds is 5. The molecule has 0 aromatic heterocycles. The molecule has 3 N–H and O–H groups in total. The van der Waals surface area contributed by atoms with E-state index in [2.05, 4.69) is 16.0 Å². The van der Waals surface area contributed by atoms with Gasteiger partial charge in [0, 0.05) is 24.0 Å². The monoisotopic (exact) mass is 297 g/mol. The first-order valence-corrected chi connectivity index (χ1v) is 7.01. The minimum atomic E-state index is -0.130. The molecule has 0 spiro atoms. The van der Waals surface area contributed by atoms with Gasteiger partial charge in [0.25, 0.3) is 0 Å². The minimum Gasteiger partial charge on any atom is -0.376 e. The molecule has 0 bridgehead atoms. The lowest BCUT2D eigenvalue weighted by Gasteiger charge is -2.10. The quantitative estimate of drug-likeness (QED) is 0.794. The van der Waals surface area contributed by atoms with Crippen LogP contribution in [0.4, 0.5) is 17.1 Å². The van der Waals surface area contributed by atoms with Crippen LogP contribution in [0.2, 0.25) is 0 Å². The number of carbonyl (C=O) groups excluding carboxylic acids is 2. The Labute approximate surface area is 129 Å². The van der Waals surface area contributed by atoms with Crippen LogP contribution in [-0.2, 0) is 9.59 Å². The number of anilines is 3. The van der Waals surface area contributed by atoms with Gasteiger partial charge in [0.15, 0.2) is 0 Å². The summed E-state index contributed by atoms with van der Waals surface area (Å²) < 4.78 is 0. The van der Waals surface area contributed by atoms with Gasteiger partial charge in [0.2, 0.25) is 11.8 Å². The highest BCUT2D eigenvalue weighted by Gasteiger charge is 2.03. The van der Waals surface area contributed by atoms with E-state index in [4.69, 9.17) is 0 Å². The van der Waals surface area contributed by atoms with Gasteiger partial charge in [-0.25, -0.2) is 0 Å². The normalized spacial score (nSPS) is 9.91. The first-order chi connectivity index (χ1) is 10.5. The molecule has 2 aromatic rings. The van der Waals surface area contributed by atoms with Crippen LogP contribution in [-0.4, -0.2) is 18.4 Å². The van der Waals surface area contributed by atoms with Crippen LogP contribution in [0, 0.1) is 6.92 Å². The molecular formula is C17H19N3O2. The second-order valence-corrected chi connectivity index (χ2v) is 5.03. The zero-order chi connectivity index (χ0) is 15.9. The van der Waals surface area contributed by atoms with Crippen molar-refractivity contribution in [3.05, 3.63) is 54.1 Å². The van der Waals surface area contributed by atoms with Crippen LogP contribution in [0.3, 0.4) is 0 Å². The van der Waals surface area contributed by atoms with Gasteiger partial charge in [-0.3, -0.25) is 9.59 Å². The fraction of sp³-hybridized carbons (Fsp3) is 0.176. The molecule has 0 fully saturated rings. The molecule has 0 aliphatic carbocycles. The van der Waals surface area contributed by atoms with Crippen molar-refractivity contribution in [2.24, 2.45) is 0 Å². The van der Waals surface area contributed by atoms with Crippen LogP contribution in [0.15, 0.2) is 48.5 Å². The molecule has 0 atom stereocenters. The Morgan fingerprint density at radius 3 is 2.23 bits per heavy atom. The maximum absolute atomic E-state index is 11.9. The van der Waals surface area contributed by atoms with E-state index >= 15 is 0 Å². The van der Waals surface area contributed by atoms with Gasteiger partial charge >= 0.3 is 0 Å². The standard InChI is InChI=1S/C17H19N3O2/c1-12-5-3-7-15(9-12)20-17(22)11-18-14-6-4-8-16(10-14)19-13(2)21/h3-10,18H,11H2,1-2H3,(H,19,21)(H,20,22). The number of aryl methyl sites for hydroxylation is 1. The van der Waals surface area contributed by atoms with Gasteiger partial charge < -0.3 is 16.0 Å². The first kappa shape index (κ1) is 15.6. The van der Waals surface area contributed by atoms with Crippen LogP contribution >= 0.6 is 0 Å².